The molecule has 0 aromatic heterocycles. The highest BCUT2D eigenvalue weighted by Crippen LogP contribution is 2.36. The zero-order chi connectivity index (χ0) is 11.3. The minimum Gasteiger partial charge on any atom is -0.289 e. The highest BCUT2D eigenvalue weighted by atomic mass is 16.1. The third-order valence-corrected chi connectivity index (χ3v) is 3.68. The molecule has 1 aromatic carbocycles. The van der Waals surface area contributed by atoms with Crippen LogP contribution in [0.1, 0.15) is 46.5 Å². The summed E-state index contributed by atoms with van der Waals surface area (Å²) in [7, 11) is 0. The van der Waals surface area contributed by atoms with Crippen molar-refractivity contribution in [1.82, 2.24) is 0 Å². The van der Waals surface area contributed by atoms with Gasteiger partial charge in [-0.15, -0.1) is 0 Å². The summed E-state index contributed by atoms with van der Waals surface area (Å²) < 4.78 is 0. The van der Waals surface area contributed by atoms with Crippen molar-refractivity contribution in [3.63, 3.8) is 0 Å². The summed E-state index contributed by atoms with van der Waals surface area (Å²) in [6, 6.07) is 2.03. The van der Waals surface area contributed by atoms with Crippen LogP contribution in [-0.4, -0.2) is 5.78 Å². The fourth-order valence-corrected chi connectivity index (χ4v) is 2.30. The van der Waals surface area contributed by atoms with E-state index in [2.05, 4.69) is 20.8 Å². The first-order valence-electron chi connectivity index (χ1n) is 5.28. The molecule has 1 aliphatic carbocycles. The number of carbonyl (C=O) groups excluding carboxylic acids is 1. The first kappa shape index (κ1) is 10.2. The Morgan fingerprint density at radius 3 is 2.07 bits per heavy atom. The number of aryl methyl sites for hydroxylation is 1. The van der Waals surface area contributed by atoms with E-state index in [9.17, 15) is 4.79 Å². The zero-order valence-corrected chi connectivity index (χ0v) is 9.99. The summed E-state index contributed by atoms with van der Waals surface area (Å²) in [6.07, 6.45) is 0. The van der Waals surface area contributed by atoms with E-state index in [1.54, 1.807) is 0 Å². The van der Waals surface area contributed by atoms with Gasteiger partial charge in [0.2, 0.25) is 0 Å². The van der Waals surface area contributed by atoms with Crippen LogP contribution in [0.5, 0.6) is 0 Å². The van der Waals surface area contributed by atoms with E-state index < -0.39 is 0 Å². The molecular weight excluding hydrogens is 184 g/mol. The van der Waals surface area contributed by atoms with Gasteiger partial charge in [-0.1, -0.05) is 0 Å². The van der Waals surface area contributed by atoms with Crippen LogP contribution in [0.25, 0.3) is 5.57 Å². The summed E-state index contributed by atoms with van der Waals surface area (Å²) >= 11 is 0. The van der Waals surface area contributed by atoms with Gasteiger partial charge in [-0.05, 0) is 68.5 Å². The van der Waals surface area contributed by atoms with Crippen molar-refractivity contribution < 1.29 is 4.79 Å². The molecule has 0 saturated carbocycles. The van der Waals surface area contributed by atoms with Crippen LogP contribution in [0.3, 0.4) is 0 Å². The van der Waals surface area contributed by atoms with Gasteiger partial charge in [0.1, 0.15) is 0 Å². The fraction of sp³-hybridized carbons (Fsp3) is 0.357. The standard InChI is InChI=1S/C14H16O/c1-7-6-12-13(9(3)8(7)2)10(4)11(5)14(12)15/h6H,1-5H3. The number of hydrogen-bond donors (Lipinski definition) is 0. The lowest BCUT2D eigenvalue weighted by Gasteiger charge is -2.11. The van der Waals surface area contributed by atoms with E-state index in [0.717, 1.165) is 16.7 Å². The van der Waals surface area contributed by atoms with E-state index in [1.807, 2.05) is 19.9 Å². The molecule has 0 fully saturated rings. The minimum absolute atomic E-state index is 0.203. The van der Waals surface area contributed by atoms with Gasteiger partial charge in [0.25, 0.3) is 0 Å². The van der Waals surface area contributed by atoms with Crippen molar-refractivity contribution in [3.05, 3.63) is 39.5 Å². The molecule has 0 saturated heterocycles. The molecule has 1 aliphatic rings. The summed E-state index contributed by atoms with van der Waals surface area (Å²) in [5, 5.41) is 0. The zero-order valence-electron chi connectivity index (χ0n) is 9.99. The molecule has 0 aliphatic heterocycles. The Morgan fingerprint density at radius 2 is 1.47 bits per heavy atom. The largest absolute Gasteiger partial charge is 0.289 e. The predicted octanol–water partition coefficient (Wildman–Crippen LogP) is 3.60. The molecule has 0 N–H and O–H groups in total. The Hall–Kier alpha value is -1.37. The fourth-order valence-electron chi connectivity index (χ4n) is 2.30. The van der Waals surface area contributed by atoms with Crippen molar-refractivity contribution in [2.45, 2.75) is 34.6 Å². The smallest absolute Gasteiger partial charge is 0.189 e. The summed E-state index contributed by atoms with van der Waals surface area (Å²) in [5.74, 6) is 0.203. The maximum atomic E-state index is 12.0. The molecule has 0 bridgehead atoms. The molecule has 0 atom stereocenters. The molecule has 0 spiro atoms. The SMILES string of the molecule is CC1=C(C)c2c(cc(C)c(C)c2C)C1=O. The third kappa shape index (κ3) is 1.19. The van der Waals surface area contributed by atoms with Crippen molar-refractivity contribution in [2.24, 2.45) is 0 Å². The number of ketones is 1. The van der Waals surface area contributed by atoms with Crippen LogP contribution >= 0.6 is 0 Å². The van der Waals surface area contributed by atoms with E-state index in [0.29, 0.717) is 0 Å². The number of allylic oxidation sites excluding steroid dienone is 2. The summed E-state index contributed by atoms with van der Waals surface area (Å²) in [4.78, 5) is 12.0. The molecule has 1 aromatic rings. The van der Waals surface area contributed by atoms with Gasteiger partial charge in [-0.2, -0.15) is 0 Å². The van der Waals surface area contributed by atoms with Crippen LogP contribution in [-0.2, 0) is 0 Å². The molecule has 78 valence electrons. The third-order valence-electron chi connectivity index (χ3n) is 3.68. The second-order valence-corrected chi connectivity index (χ2v) is 4.45. The molecular formula is C14H16O. The van der Waals surface area contributed by atoms with Gasteiger partial charge < -0.3 is 0 Å². The molecule has 1 nitrogen and oxygen atoms in total. The van der Waals surface area contributed by atoms with E-state index in [-0.39, 0.29) is 5.78 Å². The Labute approximate surface area is 90.8 Å². The summed E-state index contributed by atoms with van der Waals surface area (Å²) in [6.45, 7) is 10.3. The quantitative estimate of drug-likeness (QED) is 0.625. The number of hydrogen-bond acceptors (Lipinski definition) is 1. The molecule has 2 rings (SSSR count). The van der Waals surface area contributed by atoms with Gasteiger partial charge >= 0.3 is 0 Å². The molecule has 1 heteroatoms. The first-order valence-corrected chi connectivity index (χ1v) is 5.28. The predicted molar refractivity (Wildman–Crippen MR) is 63.3 cm³/mol. The van der Waals surface area contributed by atoms with Crippen LogP contribution in [0.2, 0.25) is 0 Å². The van der Waals surface area contributed by atoms with Crippen LogP contribution in [0.15, 0.2) is 11.6 Å². The number of rotatable bonds is 0. The number of benzene rings is 1. The Kier molecular flexibility index (Phi) is 2.07. The van der Waals surface area contributed by atoms with Crippen molar-refractivity contribution in [2.75, 3.05) is 0 Å². The van der Waals surface area contributed by atoms with Gasteiger partial charge in [-0.25, -0.2) is 0 Å². The van der Waals surface area contributed by atoms with Gasteiger partial charge in [-0.3, -0.25) is 4.79 Å². The average Bonchev–Trinajstić information content (AvgIpc) is 2.40. The molecule has 15 heavy (non-hydrogen) atoms. The van der Waals surface area contributed by atoms with Crippen molar-refractivity contribution in [1.29, 1.82) is 0 Å². The van der Waals surface area contributed by atoms with Crippen LogP contribution < -0.4 is 0 Å². The van der Waals surface area contributed by atoms with Gasteiger partial charge in [0, 0.05) is 11.1 Å². The van der Waals surface area contributed by atoms with Crippen LogP contribution in [0.4, 0.5) is 0 Å². The van der Waals surface area contributed by atoms with Crippen molar-refractivity contribution in [3.8, 4) is 0 Å². The number of carbonyl (C=O) groups is 1. The monoisotopic (exact) mass is 200 g/mol. The van der Waals surface area contributed by atoms with E-state index >= 15 is 0 Å². The second kappa shape index (κ2) is 3.06. The lowest BCUT2D eigenvalue weighted by atomic mass is 9.93. The highest BCUT2D eigenvalue weighted by molar-refractivity contribution is 6.20. The number of Topliss-reactive ketones (excluding diaryl/α,β-unsaturated/α-hetero) is 1. The molecule has 0 radical (unpaired) electrons. The lowest BCUT2D eigenvalue weighted by Crippen LogP contribution is -2.00. The molecule has 0 heterocycles. The van der Waals surface area contributed by atoms with Gasteiger partial charge in [0.05, 0.1) is 0 Å². The van der Waals surface area contributed by atoms with Crippen molar-refractivity contribution >= 4 is 11.4 Å². The summed E-state index contributed by atoms with van der Waals surface area (Å²) in [5.41, 5.74) is 7.88. The molecule has 0 amide bonds. The maximum Gasteiger partial charge on any atom is 0.189 e. The lowest BCUT2D eigenvalue weighted by molar-refractivity contribution is 0.103. The van der Waals surface area contributed by atoms with E-state index in [1.165, 1.54) is 22.3 Å². The first-order chi connectivity index (χ1) is 6.95. The van der Waals surface area contributed by atoms with Crippen LogP contribution in [0, 0.1) is 20.8 Å². The Balaban J connectivity index is 2.85. The topological polar surface area (TPSA) is 17.1 Å². The normalized spacial score (nSPS) is 14.9. The Bertz CT molecular complexity index is 505. The van der Waals surface area contributed by atoms with Gasteiger partial charge in [0.15, 0.2) is 5.78 Å². The minimum atomic E-state index is 0.203. The number of fused-ring (bicyclic) bond motifs is 1. The highest BCUT2D eigenvalue weighted by Gasteiger charge is 2.26. The molecule has 0 unspecified atom stereocenters. The van der Waals surface area contributed by atoms with E-state index in [4.69, 9.17) is 0 Å². The second-order valence-electron chi connectivity index (χ2n) is 4.45. The average molecular weight is 200 g/mol. The maximum absolute atomic E-state index is 12.0. The Morgan fingerprint density at radius 1 is 0.867 bits per heavy atom.